The normalized spacial score (nSPS) is 11.5. The Morgan fingerprint density at radius 2 is 1.89 bits per heavy atom. The van der Waals surface area contributed by atoms with Crippen LogP contribution in [-0.2, 0) is 13.6 Å². The lowest BCUT2D eigenvalue weighted by Crippen LogP contribution is -2.22. The van der Waals surface area contributed by atoms with Crippen LogP contribution in [0, 0.1) is 0 Å². The van der Waals surface area contributed by atoms with E-state index in [2.05, 4.69) is 26.0 Å². The number of aryl methyl sites for hydroxylation is 1. The second-order valence-corrected chi connectivity index (χ2v) is 10.0. The van der Waals surface area contributed by atoms with Crippen molar-refractivity contribution in [3.8, 4) is 16.2 Å². The van der Waals surface area contributed by atoms with Gasteiger partial charge in [-0.1, -0.05) is 29.3 Å². The summed E-state index contributed by atoms with van der Waals surface area (Å²) in [5.41, 5.74) is 4.70. The van der Waals surface area contributed by atoms with E-state index in [4.69, 9.17) is 23.2 Å². The first-order valence-electron chi connectivity index (χ1n) is 10.1. The monoisotopic (exact) mass is 548 g/mol. The minimum absolute atomic E-state index is 0.0297. The molecule has 4 aromatic rings. The van der Waals surface area contributed by atoms with Crippen LogP contribution in [0.3, 0.4) is 0 Å². The molecule has 1 aromatic carbocycles. The molecule has 0 bridgehead atoms. The summed E-state index contributed by atoms with van der Waals surface area (Å²) >= 11 is 14.4. The number of aromatic hydroxyl groups is 1. The van der Waals surface area contributed by atoms with Crippen LogP contribution >= 0.6 is 45.9 Å². The third-order valence-electron chi connectivity index (χ3n) is 4.79. The SMILES string of the molecule is C/C(=N\NC(=O)c1ccc(C(=O)NCc2cnn(C)n2)s1)c1csc(-c2ccc(Cl)c(Cl)c2)c1O. The molecule has 13 heteroatoms. The van der Waals surface area contributed by atoms with Gasteiger partial charge in [-0.25, -0.2) is 5.43 Å². The molecule has 2 amide bonds. The van der Waals surface area contributed by atoms with Crippen LogP contribution in [0.5, 0.6) is 5.75 Å². The maximum Gasteiger partial charge on any atom is 0.281 e. The van der Waals surface area contributed by atoms with Crippen LogP contribution in [0.2, 0.25) is 10.0 Å². The number of hydrazone groups is 1. The van der Waals surface area contributed by atoms with Crippen LogP contribution in [0.15, 0.2) is 47.0 Å². The van der Waals surface area contributed by atoms with E-state index in [1.807, 2.05) is 0 Å². The van der Waals surface area contributed by atoms with Crippen molar-refractivity contribution < 1.29 is 14.7 Å². The van der Waals surface area contributed by atoms with Gasteiger partial charge in [-0.2, -0.15) is 20.1 Å². The van der Waals surface area contributed by atoms with E-state index < -0.39 is 5.91 Å². The molecule has 0 aliphatic carbocycles. The molecule has 9 nitrogen and oxygen atoms in total. The van der Waals surface area contributed by atoms with Crippen molar-refractivity contribution in [1.82, 2.24) is 25.7 Å². The molecule has 0 aliphatic heterocycles. The van der Waals surface area contributed by atoms with Crippen molar-refractivity contribution in [2.45, 2.75) is 13.5 Å². The Labute approximate surface area is 218 Å². The maximum atomic E-state index is 12.5. The van der Waals surface area contributed by atoms with Gasteiger partial charge in [-0.05, 0) is 36.8 Å². The molecular formula is C22H18Cl2N6O3S2. The number of nitrogens with one attached hydrogen (secondary N) is 2. The topological polar surface area (TPSA) is 122 Å². The predicted octanol–water partition coefficient (Wildman–Crippen LogP) is 4.70. The zero-order chi connectivity index (χ0) is 25.1. The van der Waals surface area contributed by atoms with Crippen LogP contribution in [0.25, 0.3) is 10.4 Å². The smallest absolute Gasteiger partial charge is 0.281 e. The van der Waals surface area contributed by atoms with E-state index in [1.165, 1.54) is 16.1 Å². The number of amides is 2. The highest BCUT2D eigenvalue weighted by Crippen LogP contribution is 2.40. The van der Waals surface area contributed by atoms with Gasteiger partial charge in [0, 0.05) is 12.4 Å². The van der Waals surface area contributed by atoms with E-state index in [0.29, 0.717) is 47.2 Å². The highest BCUT2D eigenvalue weighted by Gasteiger charge is 2.17. The second-order valence-electron chi connectivity index (χ2n) is 7.27. The lowest BCUT2D eigenvalue weighted by molar-refractivity contribution is 0.0949. The second kappa shape index (κ2) is 10.6. The summed E-state index contributed by atoms with van der Waals surface area (Å²) in [7, 11) is 1.69. The van der Waals surface area contributed by atoms with E-state index in [0.717, 1.165) is 11.3 Å². The Hall–Kier alpha value is -3.25. The molecule has 0 fully saturated rings. The number of halogens is 2. The van der Waals surface area contributed by atoms with Gasteiger partial charge in [0.15, 0.2) is 0 Å². The number of benzene rings is 1. The number of nitrogens with zero attached hydrogens (tertiary/aromatic N) is 4. The highest BCUT2D eigenvalue weighted by atomic mass is 35.5. The number of thiophene rings is 2. The first-order valence-corrected chi connectivity index (χ1v) is 12.5. The van der Waals surface area contributed by atoms with Crippen LogP contribution < -0.4 is 10.7 Å². The molecular weight excluding hydrogens is 531 g/mol. The number of rotatable bonds is 7. The third kappa shape index (κ3) is 5.70. The quantitative estimate of drug-likeness (QED) is 0.228. The fourth-order valence-corrected chi connectivity index (χ4v) is 5.12. The Balaban J connectivity index is 1.40. The minimum atomic E-state index is -0.471. The van der Waals surface area contributed by atoms with Gasteiger partial charge in [0.1, 0.15) is 11.4 Å². The van der Waals surface area contributed by atoms with Crippen molar-refractivity contribution in [3.05, 3.63) is 73.0 Å². The number of hydrogen-bond donors (Lipinski definition) is 3. The Kier molecular flexibility index (Phi) is 7.51. The number of carbonyl (C=O) groups is 2. The first kappa shape index (κ1) is 24.9. The molecule has 0 saturated heterocycles. The molecule has 3 heterocycles. The molecule has 35 heavy (non-hydrogen) atoms. The Bertz CT molecular complexity index is 1440. The summed E-state index contributed by atoms with van der Waals surface area (Å²) in [5.74, 6) is -0.763. The lowest BCUT2D eigenvalue weighted by atomic mass is 10.1. The average Bonchev–Trinajstić information content (AvgIpc) is 3.57. The van der Waals surface area contributed by atoms with E-state index >= 15 is 0 Å². The molecule has 0 aliphatic rings. The summed E-state index contributed by atoms with van der Waals surface area (Å²) in [4.78, 5) is 27.6. The third-order valence-corrected chi connectivity index (χ3v) is 7.63. The summed E-state index contributed by atoms with van der Waals surface area (Å²) in [5, 5.41) is 28.1. The summed E-state index contributed by atoms with van der Waals surface area (Å²) in [6, 6.07) is 8.20. The molecule has 3 aromatic heterocycles. The summed E-state index contributed by atoms with van der Waals surface area (Å²) in [6.07, 6.45) is 1.56. The predicted molar refractivity (Wildman–Crippen MR) is 138 cm³/mol. The maximum absolute atomic E-state index is 12.5. The minimum Gasteiger partial charge on any atom is -0.506 e. The fourth-order valence-electron chi connectivity index (χ4n) is 3.01. The van der Waals surface area contributed by atoms with E-state index in [1.54, 1.807) is 55.9 Å². The van der Waals surface area contributed by atoms with Crippen LogP contribution in [-0.4, -0.2) is 37.6 Å². The van der Waals surface area contributed by atoms with Crippen molar-refractivity contribution >= 4 is 63.4 Å². The van der Waals surface area contributed by atoms with Gasteiger partial charge in [0.25, 0.3) is 11.8 Å². The molecule has 0 atom stereocenters. The van der Waals surface area contributed by atoms with Gasteiger partial charge in [0.2, 0.25) is 0 Å². The molecule has 4 rings (SSSR count). The van der Waals surface area contributed by atoms with Crippen molar-refractivity contribution in [2.75, 3.05) is 0 Å². The number of aromatic nitrogens is 3. The Morgan fingerprint density at radius 1 is 1.14 bits per heavy atom. The summed E-state index contributed by atoms with van der Waals surface area (Å²) in [6.45, 7) is 1.89. The largest absolute Gasteiger partial charge is 0.506 e. The van der Waals surface area contributed by atoms with Crippen molar-refractivity contribution in [3.63, 3.8) is 0 Å². The standard InChI is InChI=1S/C22H18Cl2N6O3S2/c1-11(14-10-34-20(19(14)31)12-3-4-15(23)16(24)7-12)27-28-22(33)18-6-5-17(35-18)21(32)25-8-13-9-26-30(2)29-13/h3-7,9-10,31H,8H2,1-2H3,(H,25,32)(H,28,33)/b27-11+. The highest BCUT2D eigenvalue weighted by molar-refractivity contribution is 7.16. The molecule has 180 valence electrons. The van der Waals surface area contributed by atoms with Gasteiger partial charge < -0.3 is 10.4 Å². The van der Waals surface area contributed by atoms with Crippen molar-refractivity contribution in [2.24, 2.45) is 12.1 Å². The zero-order valence-corrected chi connectivity index (χ0v) is 21.5. The van der Waals surface area contributed by atoms with E-state index in [-0.39, 0.29) is 18.2 Å². The number of hydrogen-bond acceptors (Lipinski definition) is 8. The molecule has 0 unspecified atom stereocenters. The van der Waals surface area contributed by atoms with Gasteiger partial charge >= 0.3 is 0 Å². The zero-order valence-electron chi connectivity index (χ0n) is 18.4. The molecule has 0 radical (unpaired) electrons. The van der Waals surface area contributed by atoms with Gasteiger partial charge in [0.05, 0.1) is 48.7 Å². The van der Waals surface area contributed by atoms with Crippen molar-refractivity contribution in [1.29, 1.82) is 0 Å². The summed E-state index contributed by atoms with van der Waals surface area (Å²) < 4.78 is 0. The lowest BCUT2D eigenvalue weighted by Gasteiger charge is -2.04. The van der Waals surface area contributed by atoms with Crippen LogP contribution in [0.4, 0.5) is 0 Å². The molecule has 0 saturated carbocycles. The Morgan fingerprint density at radius 3 is 2.57 bits per heavy atom. The van der Waals surface area contributed by atoms with Crippen LogP contribution in [0.1, 0.15) is 37.5 Å². The van der Waals surface area contributed by atoms with Gasteiger partial charge in [-0.15, -0.1) is 22.7 Å². The molecule has 3 N–H and O–H groups in total. The van der Waals surface area contributed by atoms with E-state index in [9.17, 15) is 14.7 Å². The fraction of sp³-hybridized carbons (Fsp3) is 0.136. The molecule has 0 spiro atoms. The first-order chi connectivity index (χ1) is 16.7. The number of carbonyl (C=O) groups excluding carboxylic acids is 2. The average molecular weight is 549 g/mol. The van der Waals surface area contributed by atoms with Gasteiger partial charge in [-0.3, -0.25) is 9.59 Å².